The van der Waals surface area contributed by atoms with Crippen LogP contribution in [-0.4, -0.2) is 38.3 Å². The zero-order valence-electron chi connectivity index (χ0n) is 15.7. The summed E-state index contributed by atoms with van der Waals surface area (Å²) in [5.41, 5.74) is 0.813. The molecule has 2 amide bonds. The maximum Gasteiger partial charge on any atom is 0.231 e. The minimum absolute atomic E-state index is 0.0421. The van der Waals surface area contributed by atoms with Gasteiger partial charge in [-0.25, -0.2) is 0 Å². The van der Waals surface area contributed by atoms with Gasteiger partial charge in [0, 0.05) is 24.7 Å². The molecule has 0 spiro atoms. The first-order chi connectivity index (χ1) is 14.2. The molecule has 148 valence electrons. The molecule has 0 aliphatic carbocycles. The zero-order chi connectivity index (χ0) is 20.1. The summed E-state index contributed by atoms with van der Waals surface area (Å²) in [6.45, 7) is 1.00. The fourth-order valence-corrected chi connectivity index (χ4v) is 3.22. The van der Waals surface area contributed by atoms with Gasteiger partial charge >= 0.3 is 0 Å². The van der Waals surface area contributed by atoms with Gasteiger partial charge in [0.25, 0.3) is 0 Å². The predicted octanol–water partition coefficient (Wildman–Crippen LogP) is 1.97. The number of fused-ring (bicyclic) bond motifs is 1. The Morgan fingerprint density at radius 2 is 1.97 bits per heavy atom. The van der Waals surface area contributed by atoms with Gasteiger partial charge in [-0.15, -0.1) is 0 Å². The van der Waals surface area contributed by atoms with Crippen molar-refractivity contribution in [1.82, 2.24) is 5.32 Å². The molecular weight excluding hydrogens is 372 g/mol. The largest absolute Gasteiger partial charge is 0.481 e. The van der Waals surface area contributed by atoms with Crippen molar-refractivity contribution in [1.29, 1.82) is 0 Å². The molecule has 2 aromatic carbocycles. The standard InChI is InChI=1S/C22H20N2O5/c25-21-12-16(14-24(21)17-6-2-1-3-7-17)22(26)23-10-4-5-11-27-18-8-9-19-20(13-18)29-15-28-19/h1-3,6-9,13,16H,10-12,14-15H2,(H,23,26). The highest BCUT2D eigenvalue weighted by Gasteiger charge is 2.34. The maximum absolute atomic E-state index is 12.3. The van der Waals surface area contributed by atoms with Crippen molar-refractivity contribution >= 4 is 17.5 Å². The van der Waals surface area contributed by atoms with Gasteiger partial charge in [0.2, 0.25) is 18.6 Å². The second kappa shape index (κ2) is 8.57. The third-order valence-electron chi connectivity index (χ3n) is 4.69. The van der Waals surface area contributed by atoms with E-state index in [2.05, 4.69) is 17.2 Å². The van der Waals surface area contributed by atoms with Gasteiger partial charge < -0.3 is 24.4 Å². The molecule has 7 nitrogen and oxygen atoms in total. The molecule has 4 rings (SSSR count). The number of nitrogens with zero attached hydrogens (tertiary/aromatic N) is 1. The number of para-hydroxylation sites is 1. The van der Waals surface area contributed by atoms with Crippen LogP contribution < -0.4 is 24.4 Å². The lowest BCUT2D eigenvalue weighted by Crippen LogP contribution is -2.33. The van der Waals surface area contributed by atoms with E-state index in [1.54, 1.807) is 23.1 Å². The van der Waals surface area contributed by atoms with E-state index in [1.807, 2.05) is 30.3 Å². The van der Waals surface area contributed by atoms with E-state index in [9.17, 15) is 9.59 Å². The minimum Gasteiger partial charge on any atom is -0.481 e. The Morgan fingerprint density at radius 3 is 2.83 bits per heavy atom. The quantitative estimate of drug-likeness (QED) is 0.788. The Bertz CT molecular complexity index is 964. The molecular formula is C22H20N2O5. The van der Waals surface area contributed by atoms with Gasteiger partial charge in [0.05, 0.1) is 12.5 Å². The van der Waals surface area contributed by atoms with Crippen LogP contribution in [0.1, 0.15) is 6.42 Å². The summed E-state index contributed by atoms with van der Waals surface area (Å²) >= 11 is 0. The van der Waals surface area contributed by atoms with Gasteiger partial charge in [-0.2, -0.15) is 0 Å². The predicted molar refractivity (Wildman–Crippen MR) is 106 cm³/mol. The normalized spacial score (nSPS) is 16.9. The zero-order valence-corrected chi connectivity index (χ0v) is 15.7. The third kappa shape index (κ3) is 4.43. The highest BCUT2D eigenvalue weighted by Crippen LogP contribution is 2.35. The van der Waals surface area contributed by atoms with E-state index in [-0.39, 0.29) is 44.1 Å². The lowest BCUT2D eigenvalue weighted by Gasteiger charge is -2.16. The number of hydrogen-bond acceptors (Lipinski definition) is 5. The van der Waals surface area contributed by atoms with Crippen molar-refractivity contribution in [2.24, 2.45) is 5.92 Å². The monoisotopic (exact) mass is 392 g/mol. The van der Waals surface area contributed by atoms with Crippen LogP contribution in [0.2, 0.25) is 0 Å². The SMILES string of the molecule is O=C(NCC#CCOc1ccc2c(c1)OCO2)C1CC(=O)N(c2ccccc2)C1. The van der Waals surface area contributed by atoms with Crippen molar-refractivity contribution in [3.05, 3.63) is 48.5 Å². The summed E-state index contributed by atoms with van der Waals surface area (Å²) in [5.74, 6) is 7.12. The molecule has 0 saturated carbocycles. The number of hydrogen-bond donors (Lipinski definition) is 1. The van der Waals surface area contributed by atoms with Crippen LogP contribution in [0.25, 0.3) is 0 Å². The van der Waals surface area contributed by atoms with Crippen LogP contribution >= 0.6 is 0 Å². The topological polar surface area (TPSA) is 77.1 Å². The molecule has 2 aromatic rings. The van der Waals surface area contributed by atoms with Gasteiger partial charge in [-0.1, -0.05) is 30.0 Å². The summed E-state index contributed by atoms with van der Waals surface area (Å²) < 4.78 is 16.1. The Labute approximate surface area is 168 Å². The van der Waals surface area contributed by atoms with Crippen molar-refractivity contribution in [2.75, 3.05) is 31.4 Å². The smallest absolute Gasteiger partial charge is 0.231 e. The van der Waals surface area contributed by atoms with E-state index < -0.39 is 0 Å². The molecule has 1 saturated heterocycles. The molecule has 0 radical (unpaired) electrons. The number of anilines is 1. The summed E-state index contributed by atoms with van der Waals surface area (Å²) in [6.07, 6.45) is 0.210. The fraction of sp³-hybridized carbons (Fsp3) is 0.273. The first kappa shape index (κ1) is 18.7. The van der Waals surface area contributed by atoms with E-state index in [0.717, 1.165) is 5.69 Å². The van der Waals surface area contributed by atoms with Crippen molar-refractivity contribution in [2.45, 2.75) is 6.42 Å². The van der Waals surface area contributed by atoms with Crippen LogP contribution in [0, 0.1) is 17.8 Å². The molecule has 0 aromatic heterocycles. The number of amides is 2. The highest BCUT2D eigenvalue weighted by atomic mass is 16.7. The second-order valence-electron chi connectivity index (χ2n) is 6.62. The van der Waals surface area contributed by atoms with Crippen LogP contribution in [0.5, 0.6) is 17.2 Å². The van der Waals surface area contributed by atoms with Crippen LogP contribution in [0.15, 0.2) is 48.5 Å². The number of rotatable bonds is 5. The molecule has 2 heterocycles. The Kier molecular flexibility index (Phi) is 5.52. The lowest BCUT2D eigenvalue weighted by atomic mass is 10.1. The molecule has 1 N–H and O–H groups in total. The molecule has 29 heavy (non-hydrogen) atoms. The third-order valence-corrected chi connectivity index (χ3v) is 4.69. The van der Waals surface area contributed by atoms with Gasteiger partial charge in [-0.05, 0) is 24.3 Å². The highest BCUT2D eigenvalue weighted by molar-refractivity contribution is 6.00. The summed E-state index contributed by atoms with van der Waals surface area (Å²) in [4.78, 5) is 26.2. The summed E-state index contributed by atoms with van der Waals surface area (Å²) in [5, 5.41) is 2.77. The van der Waals surface area contributed by atoms with Crippen molar-refractivity contribution < 1.29 is 23.8 Å². The van der Waals surface area contributed by atoms with Gasteiger partial charge in [0.1, 0.15) is 12.4 Å². The molecule has 2 aliphatic heterocycles. The summed E-state index contributed by atoms with van der Waals surface area (Å²) in [7, 11) is 0. The maximum atomic E-state index is 12.3. The van der Waals surface area contributed by atoms with Crippen LogP contribution in [0.3, 0.4) is 0 Å². The molecule has 2 aliphatic rings. The Balaban J connectivity index is 1.20. The number of nitrogens with one attached hydrogen (secondary N) is 1. The second-order valence-corrected chi connectivity index (χ2v) is 6.62. The number of carbonyl (C=O) groups excluding carboxylic acids is 2. The average molecular weight is 392 g/mol. The van der Waals surface area contributed by atoms with E-state index in [4.69, 9.17) is 14.2 Å². The van der Waals surface area contributed by atoms with Crippen molar-refractivity contribution in [3.63, 3.8) is 0 Å². The molecule has 1 unspecified atom stereocenters. The van der Waals surface area contributed by atoms with E-state index in [1.165, 1.54) is 0 Å². The molecule has 7 heteroatoms. The Hall–Kier alpha value is -3.66. The number of ether oxygens (including phenoxy) is 3. The Morgan fingerprint density at radius 1 is 1.14 bits per heavy atom. The molecule has 1 atom stereocenters. The average Bonchev–Trinajstić information content (AvgIpc) is 3.37. The number of carbonyl (C=O) groups is 2. The van der Waals surface area contributed by atoms with E-state index >= 15 is 0 Å². The first-order valence-electron chi connectivity index (χ1n) is 9.32. The van der Waals surface area contributed by atoms with Gasteiger partial charge in [-0.3, -0.25) is 9.59 Å². The van der Waals surface area contributed by atoms with Crippen molar-refractivity contribution in [3.8, 4) is 29.1 Å². The minimum atomic E-state index is -0.366. The molecule has 1 fully saturated rings. The van der Waals surface area contributed by atoms with E-state index in [0.29, 0.717) is 23.8 Å². The van der Waals surface area contributed by atoms with Crippen LogP contribution in [-0.2, 0) is 9.59 Å². The fourth-order valence-electron chi connectivity index (χ4n) is 3.22. The van der Waals surface area contributed by atoms with Gasteiger partial charge in [0.15, 0.2) is 11.5 Å². The lowest BCUT2D eigenvalue weighted by molar-refractivity contribution is -0.126. The first-order valence-corrected chi connectivity index (χ1v) is 9.32. The van der Waals surface area contributed by atoms with Crippen LogP contribution in [0.4, 0.5) is 5.69 Å². The summed E-state index contributed by atoms with van der Waals surface area (Å²) in [6, 6.07) is 14.7. The molecule has 0 bridgehead atoms. The number of benzene rings is 2.